The zero-order valence-electron chi connectivity index (χ0n) is 8.43. The lowest BCUT2D eigenvalue weighted by atomic mass is 10.2. The van der Waals surface area contributed by atoms with E-state index in [0.29, 0.717) is 17.6 Å². The molecule has 0 aliphatic heterocycles. The van der Waals surface area contributed by atoms with E-state index in [1.807, 2.05) is 0 Å². The van der Waals surface area contributed by atoms with Crippen molar-refractivity contribution in [3.63, 3.8) is 0 Å². The lowest BCUT2D eigenvalue weighted by Crippen LogP contribution is -2.15. The molecule has 5 nitrogen and oxygen atoms in total. The molecule has 0 bridgehead atoms. The number of benzene rings is 1. The van der Waals surface area contributed by atoms with Crippen LogP contribution in [0.15, 0.2) is 35.6 Å². The number of aromatic amines is 1. The molecular formula is C11H10N2O3. The summed E-state index contributed by atoms with van der Waals surface area (Å²) in [5.41, 5.74) is 1.08. The van der Waals surface area contributed by atoms with Gasteiger partial charge in [0.25, 0.3) is 0 Å². The van der Waals surface area contributed by atoms with E-state index < -0.39 is 5.97 Å². The number of hydrogen-bond acceptors (Lipinski definition) is 2. The molecule has 0 spiro atoms. The van der Waals surface area contributed by atoms with Crippen molar-refractivity contribution in [3.8, 4) is 0 Å². The van der Waals surface area contributed by atoms with Crippen LogP contribution in [0.2, 0.25) is 0 Å². The van der Waals surface area contributed by atoms with Gasteiger partial charge >= 0.3 is 11.7 Å². The molecule has 0 fully saturated rings. The van der Waals surface area contributed by atoms with Gasteiger partial charge in [-0.05, 0) is 18.2 Å². The monoisotopic (exact) mass is 218 g/mol. The van der Waals surface area contributed by atoms with Crippen molar-refractivity contribution in [3.05, 3.63) is 46.9 Å². The Balaban J connectivity index is 2.69. The van der Waals surface area contributed by atoms with Crippen molar-refractivity contribution in [1.29, 1.82) is 0 Å². The minimum Gasteiger partial charge on any atom is -0.478 e. The predicted octanol–water partition coefficient (Wildman–Crippen LogP) is 1.21. The zero-order valence-corrected chi connectivity index (χ0v) is 8.43. The summed E-state index contributed by atoms with van der Waals surface area (Å²) >= 11 is 0. The minimum absolute atomic E-state index is 0.152. The Bertz CT molecular complexity index is 622. The molecule has 0 saturated carbocycles. The third kappa shape index (κ3) is 1.52. The van der Waals surface area contributed by atoms with E-state index in [4.69, 9.17) is 5.11 Å². The van der Waals surface area contributed by atoms with Gasteiger partial charge in [0.15, 0.2) is 0 Å². The molecule has 82 valence electrons. The standard InChI is InChI=1S/C11H10N2O3/c1-2-5-13-9-4-3-7(10(14)15)6-8(9)12-11(13)16/h2-4,6H,1,5H2,(H,12,16)(H,14,15). The van der Waals surface area contributed by atoms with E-state index in [9.17, 15) is 9.59 Å². The van der Waals surface area contributed by atoms with E-state index >= 15 is 0 Å². The quantitative estimate of drug-likeness (QED) is 0.760. The fraction of sp³-hybridized carbons (Fsp3) is 0.0909. The van der Waals surface area contributed by atoms with Gasteiger partial charge < -0.3 is 10.1 Å². The summed E-state index contributed by atoms with van der Waals surface area (Å²) < 4.78 is 1.49. The number of fused-ring (bicyclic) bond motifs is 1. The second kappa shape index (κ2) is 3.69. The molecule has 2 rings (SSSR count). The van der Waals surface area contributed by atoms with Crippen LogP contribution in [0.4, 0.5) is 0 Å². The fourth-order valence-electron chi connectivity index (χ4n) is 1.61. The SMILES string of the molecule is C=CCn1c(=O)[nH]c2cc(C(=O)O)ccc21. The average molecular weight is 218 g/mol. The summed E-state index contributed by atoms with van der Waals surface area (Å²) in [7, 11) is 0. The normalized spacial score (nSPS) is 10.5. The molecule has 0 radical (unpaired) electrons. The third-order valence-electron chi connectivity index (χ3n) is 2.33. The molecular weight excluding hydrogens is 208 g/mol. The predicted molar refractivity (Wildman–Crippen MR) is 59.7 cm³/mol. The summed E-state index contributed by atoms with van der Waals surface area (Å²) in [5, 5.41) is 8.81. The van der Waals surface area contributed by atoms with Gasteiger partial charge in [0.2, 0.25) is 0 Å². The summed E-state index contributed by atoms with van der Waals surface area (Å²) in [5.74, 6) is -1.01. The van der Waals surface area contributed by atoms with Crippen molar-refractivity contribution < 1.29 is 9.90 Å². The number of nitrogens with one attached hydrogen (secondary N) is 1. The van der Waals surface area contributed by atoms with Gasteiger partial charge in [0.1, 0.15) is 0 Å². The second-order valence-corrected chi connectivity index (χ2v) is 3.37. The molecule has 1 aromatic heterocycles. The number of carboxylic acids is 1. The molecule has 1 aromatic carbocycles. The lowest BCUT2D eigenvalue weighted by molar-refractivity contribution is 0.0697. The molecule has 2 N–H and O–H groups in total. The highest BCUT2D eigenvalue weighted by atomic mass is 16.4. The number of carboxylic acid groups (broad SMARTS) is 1. The number of carbonyl (C=O) groups is 1. The van der Waals surface area contributed by atoms with Crippen molar-refractivity contribution in [1.82, 2.24) is 9.55 Å². The number of aromatic carboxylic acids is 1. The summed E-state index contributed by atoms with van der Waals surface area (Å²) in [6, 6.07) is 4.52. The first-order chi connectivity index (χ1) is 7.63. The highest BCUT2D eigenvalue weighted by Crippen LogP contribution is 2.12. The molecule has 5 heteroatoms. The Hall–Kier alpha value is -2.30. The molecule has 0 saturated heterocycles. The molecule has 16 heavy (non-hydrogen) atoms. The zero-order chi connectivity index (χ0) is 11.7. The fourth-order valence-corrected chi connectivity index (χ4v) is 1.61. The molecule has 0 amide bonds. The van der Waals surface area contributed by atoms with Crippen LogP contribution in [-0.4, -0.2) is 20.6 Å². The van der Waals surface area contributed by atoms with Gasteiger partial charge in [0, 0.05) is 6.54 Å². The van der Waals surface area contributed by atoms with Crippen LogP contribution in [0, 0.1) is 0 Å². The molecule has 0 aliphatic carbocycles. The number of aromatic nitrogens is 2. The number of rotatable bonds is 3. The van der Waals surface area contributed by atoms with Gasteiger partial charge in [-0.3, -0.25) is 4.57 Å². The molecule has 1 heterocycles. The van der Waals surface area contributed by atoms with Crippen LogP contribution < -0.4 is 5.69 Å². The summed E-state index contributed by atoms with van der Waals surface area (Å²) in [6.07, 6.45) is 1.61. The smallest absolute Gasteiger partial charge is 0.335 e. The topological polar surface area (TPSA) is 75.1 Å². The van der Waals surface area contributed by atoms with E-state index in [1.54, 1.807) is 12.1 Å². The van der Waals surface area contributed by atoms with E-state index in [2.05, 4.69) is 11.6 Å². The number of allylic oxidation sites excluding steroid dienone is 1. The maximum atomic E-state index is 11.5. The largest absolute Gasteiger partial charge is 0.478 e. The van der Waals surface area contributed by atoms with Crippen LogP contribution >= 0.6 is 0 Å². The second-order valence-electron chi connectivity index (χ2n) is 3.37. The Labute approximate surface area is 90.6 Å². The number of imidazole rings is 1. The van der Waals surface area contributed by atoms with E-state index in [0.717, 1.165) is 0 Å². The Kier molecular flexibility index (Phi) is 2.36. The molecule has 2 aromatic rings. The number of H-pyrrole nitrogens is 1. The lowest BCUT2D eigenvalue weighted by Gasteiger charge is -1.98. The Morgan fingerprint density at radius 2 is 2.31 bits per heavy atom. The highest BCUT2D eigenvalue weighted by molar-refractivity contribution is 5.92. The highest BCUT2D eigenvalue weighted by Gasteiger charge is 2.08. The van der Waals surface area contributed by atoms with Crippen molar-refractivity contribution >= 4 is 17.0 Å². The molecule has 0 aliphatic rings. The van der Waals surface area contributed by atoms with Gasteiger partial charge in [-0.1, -0.05) is 6.08 Å². The molecule has 0 unspecified atom stereocenters. The third-order valence-corrected chi connectivity index (χ3v) is 2.33. The Morgan fingerprint density at radius 3 is 2.94 bits per heavy atom. The summed E-state index contributed by atoms with van der Waals surface area (Å²) in [6.45, 7) is 3.96. The van der Waals surface area contributed by atoms with Crippen LogP contribution in [0.25, 0.3) is 11.0 Å². The first-order valence-corrected chi connectivity index (χ1v) is 4.70. The van der Waals surface area contributed by atoms with Crippen molar-refractivity contribution in [2.24, 2.45) is 0 Å². The average Bonchev–Trinajstić information content (AvgIpc) is 2.55. The van der Waals surface area contributed by atoms with Crippen LogP contribution in [0.5, 0.6) is 0 Å². The van der Waals surface area contributed by atoms with Crippen LogP contribution in [0.1, 0.15) is 10.4 Å². The van der Waals surface area contributed by atoms with Crippen LogP contribution in [0.3, 0.4) is 0 Å². The summed E-state index contributed by atoms with van der Waals surface area (Å²) in [4.78, 5) is 24.9. The number of hydrogen-bond donors (Lipinski definition) is 2. The van der Waals surface area contributed by atoms with E-state index in [-0.39, 0.29) is 11.3 Å². The Morgan fingerprint density at radius 1 is 1.56 bits per heavy atom. The van der Waals surface area contributed by atoms with Gasteiger partial charge in [-0.2, -0.15) is 0 Å². The maximum absolute atomic E-state index is 11.5. The van der Waals surface area contributed by atoms with Gasteiger partial charge in [-0.15, -0.1) is 6.58 Å². The maximum Gasteiger partial charge on any atom is 0.335 e. The van der Waals surface area contributed by atoms with Crippen molar-refractivity contribution in [2.75, 3.05) is 0 Å². The van der Waals surface area contributed by atoms with Crippen LogP contribution in [-0.2, 0) is 6.54 Å². The van der Waals surface area contributed by atoms with Gasteiger partial charge in [-0.25, -0.2) is 9.59 Å². The van der Waals surface area contributed by atoms with E-state index in [1.165, 1.54) is 16.7 Å². The first-order valence-electron chi connectivity index (χ1n) is 4.70. The van der Waals surface area contributed by atoms with Gasteiger partial charge in [0.05, 0.1) is 16.6 Å². The number of nitrogens with zero attached hydrogens (tertiary/aromatic N) is 1. The minimum atomic E-state index is -1.01. The van der Waals surface area contributed by atoms with Crippen molar-refractivity contribution in [2.45, 2.75) is 6.54 Å². The molecule has 0 atom stereocenters. The first kappa shape index (κ1) is 10.2.